The number of fused-ring (bicyclic) bond motifs is 1. The van der Waals surface area contributed by atoms with Crippen LogP contribution >= 0.6 is 0 Å². The minimum atomic E-state index is -0.534. The molecule has 0 aliphatic carbocycles. The van der Waals surface area contributed by atoms with Crippen LogP contribution in [0.25, 0.3) is 0 Å². The number of urea groups is 1. The number of carbonyl (C=O) groups excluding carboxylic acids is 2. The summed E-state index contributed by atoms with van der Waals surface area (Å²) in [5, 5.41) is 7.95. The molecule has 0 bridgehead atoms. The molecule has 3 N–H and O–H groups in total. The molecule has 110 valence electrons. The molecule has 1 aromatic rings. The highest BCUT2D eigenvalue weighted by Gasteiger charge is 2.31. The van der Waals surface area contributed by atoms with Gasteiger partial charge in [0.15, 0.2) is 11.5 Å². The average Bonchev–Trinajstić information content (AvgIpc) is 2.93. The molecule has 0 saturated heterocycles. The molecule has 0 aromatic heterocycles. The Morgan fingerprint density at radius 1 is 1.33 bits per heavy atom. The number of likely N-dealkylation sites (N-methyl/N-ethyl adjacent to an activating group) is 1. The van der Waals surface area contributed by atoms with Crippen LogP contribution in [0.2, 0.25) is 0 Å². The molecular formula is C14H15N3O4. The molecule has 1 aromatic carbocycles. The highest BCUT2D eigenvalue weighted by molar-refractivity contribution is 5.98. The molecule has 1 atom stereocenters. The van der Waals surface area contributed by atoms with Gasteiger partial charge in [-0.15, -0.1) is 0 Å². The first kappa shape index (κ1) is 13.3. The van der Waals surface area contributed by atoms with Crippen LogP contribution < -0.4 is 25.4 Å². The van der Waals surface area contributed by atoms with Gasteiger partial charge in [0.05, 0.1) is 11.6 Å². The summed E-state index contributed by atoms with van der Waals surface area (Å²) >= 11 is 0. The van der Waals surface area contributed by atoms with Crippen molar-refractivity contribution in [3.63, 3.8) is 0 Å². The summed E-state index contributed by atoms with van der Waals surface area (Å²) in [7, 11) is 1.55. The molecule has 3 amide bonds. The molecule has 1 unspecified atom stereocenters. The highest BCUT2D eigenvalue weighted by Crippen LogP contribution is 2.36. The molecule has 2 aliphatic rings. The van der Waals surface area contributed by atoms with E-state index in [1.165, 1.54) is 0 Å². The fourth-order valence-corrected chi connectivity index (χ4v) is 2.47. The second-order valence-electron chi connectivity index (χ2n) is 4.76. The van der Waals surface area contributed by atoms with E-state index < -0.39 is 6.04 Å². The molecular weight excluding hydrogens is 274 g/mol. The van der Waals surface area contributed by atoms with Crippen molar-refractivity contribution >= 4 is 11.9 Å². The summed E-state index contributed by atoms with van der Waals surface area (Å²) in [4.78, 5) is 23.8. The molecule has 2 heterocycles. The number of ether oxygens (including phenoxy) is 2. The lowest BCUT2D eigenvalue weighted by Crippen LogP contribution is -2.46. The van der Waals surface area contributed by atoms with Crippen molar-refractivity contribution in [3.05, 3.63) is 35.0 Å². The van der Waals surface area contributed by atoms with Gasteiger partial charge in [0.25, 0.3) is 5.91 Å². The quantitative estimate of drug-likeness (QED) is 0.751. The maximum Gasteiger partial charge on any atom is 0.319 e. The summed E-state index contributed by atoms with van der Waals surface area (Å²) < 4.78 is 10.6. The fourth-order valence-electron chi connectivity index (χ4n) is 2.47. The van der Waals surface area contributed by atoms with E-state index in [4.69, 9.17) is 9.47 Å². The lowest BCUT2D eigenvalue weighted by molar-refractivity contribution is -0.117. The van der Waals surface area contributed by atoms with Gasteiger partial charge < -0.3 is 25.4 Å². The summed E-state index contributed by atoms with van der Waals surface area (Å²) in [6.07, 6.45) is 0. The van der Waals surface area contributed by atoms with Crippen molar-refractivity contribution in [2.75, 3.05) is 13.8 Å². The smallest absolute Gasteiger partial charge is 0.319 e. The van der Waals surface area contributed by atoms with E-state index in [0.717, 1.165) is 5.56 Å². The number of rotatable bonds is 2. The van der Waals surface area contributed by atoms with Gasteiger partial charge in [-0.3, -0.25) is 4.79 Å². The van der Waals surface area contributed by atoms with Crippen LogP contribution in [0, 0.1) is 0 Å². The van der Waals surface area contributed by atoms with Gasteiger partial charge in [-0.2, -0.15) is 0 Å². The van der Waals surface area contributed by atoms with Crippen molar-refractivity contribution < 1.29 is 19.1 Å². The summed E-state index contributed by atoms with van der Waals surface area (Å²) in [5.41, 5.74) is 1.75. The zero-order valence-corrected chi connectivity index (χ0v) is 11.6. The molecule has 0 saturated carbocycles. The van der Waals surface area contributed by atoms with Crippen LogP contribution in [0.4, 0.5) is 4.79 Å². The minimum absolute atomic E-state index is 0.175. The largest absolute Gasteiger partial charge is 0.454 e. The average molecular weight is 289 g/mol. The standard InChI is InChI=1S/C14H15N3O4/c1-7-11(13(18)15-2)12(17-14(19)16-7)8-3-4-9-10(5-8)21-6-20-9/h3-5,12H,6H2,1-2H3,(H,15,18)(H2,16,17,19). The maximum atomic E-state index is 12.1. The normalized spacial score (nSPS) is 19.9. The van der Waals surface area contributed by atoms with Crippen LogP contribution in [0.5, 0.6) is 11.5 Å². The van der Waals surface area contributed by atoms with Crippen molar-refractivity contribution in [3.8, 4) is 11.5 Å². The van der Waals surface area contributed by atoms with Crippen LogP contribution in [-0.4, -0.2) is 25.8 Å². The van der Waals surface area contributed by atoms with Gasteiger partial charge in [0, 0.05) is 12.7 Å². The first-order chi connectivity index (χ1) is 10.1. The van der Waals surface area contributed by atoms with Crippen LogP contribution in [0.15, 0.2) is 29.5 Å². The zero-order valence-electron chi connectivity index (χ0n) is 11.6. The Morgan fingerprint density at radius 3 is 2.86 bits per heavy atom. The molecule has 7 heteroatoms. The second-order valence-corrected chi connectivity index (χ2v) is 4.76. The van der Waals surface area contributed by atoms with Crippen LogP contribution in [0.3, 0.4) is 0 Å². The van der Waals surface area contributed by atoms with E-state index in [0.29, 0.717) is 22.8 Å². The number of hydrogen-bond acceptors (Lipinski definition) is 4. The zero-order chi connectivity index (χ0) is 15.0. The predicted octanol–water partition coefficient (Wildman–Crippen LogP) is 0.789. The van der Waals surface area contributed by atoms with E-state index in [1.807, 2.05) is 0 Å². The van der Waals surface area contributed by atoms with Gasteiger partial charge in [0.1, 0.15) is 0 Å². The Morgan fingerprint density at radius 2 is 2.10 bits per heavy atom. The molecule has 2 aliphatic heterocycles. The van der Waals surface area contributed by atoms with E-state index in [2.05, 4.69) is 16.0 Å². The third-order valence-electron chi connectivity index (χ3n) is 3.47. The first-order valence-electron chi connectivity index (χ1n) is 6.50. The van der Waals surface area contributed by atoms with Crippen molar-refractivity contribution in [1.82, 2.24) is 16.0 Å². The summed E-state index contributed by atoms with van der Waals surface area (Å²) in [6.45, 7) is 1.87. The van der Waals surface area contributed by atoms with Crippen molar-refractivity contribution in [2.45, 2.75) is 13.0 Å². The SMILES string of the molecule is CNC(=O)C1=C(C)NC(=O)NC1c1ccc2c(c1)OCO2. The molecule has 0 radical (unpaired) electrons. The Balaban J connectivity index is 2.04. The molecule has 21 heavy (non-hydrogen) atoms. The summed E-state index contributed by atoms with van der Waals surface area (Å²) in [6, 6.07) is 4.47. The third kappa shape index (κ3) is 2.26. The van der Waals surface area contributed by atoms with Crippen LogP contribution in [0.1, 0.15) is 18.5 Å². The van der Waals surface area contributed by atoms with E-state index >= 15 is 0 Å². The molecule has 3 rings (SSSR count). The number of nitrogens with one attached hydrogen (secondary N) is 3. The first-order valence-corrected chi connectivity index (χ1v) is 6.50. The van der Waals surface area contributed by atoms with E-state index in [1.54, 1.807) is 32.2 Å². The van der Waals surface area contributed by atoms with E-state index in [9.17, 15) is 9.59 Å². The number of hydrogen-bond donors (Lipinski definition) is 3. The number of benzene rings is 1. The molecule has 7 nitrogen and oxygen atoms in total. The monoisotopic (exact) mass is 289 g/mol. The number of amides is 3. The second kappa shape index (κ2) is 5.01. The van der Waals surface area contributed by atoms with Crippen molar-refractivity contribution in [1.29, 1.82) is 0 Å². The minimum Gasteiger partial charge on any atom is -0.454 e. The Hall–Kier alpha value is -2.70. The summed E-state index contributed by atoms with van der Waals surface area (Å²) in [5.74, 6) is 1.01. The van der Waals surface area contributed by atoms with E-state index in [-0.39, 0.29) is 18.7 Å². The Bertz CT molecular complexity index is 654. The predicted molar refractivity (Wildman–Crippen MR) is 73.7 cm³/mol. The maximum absolute atomic E-state index is 12.1. The van der Waals surface area contributed by atoms with Gasteiger partial charge in [0.2, 0.25) is 6.79 Å². The van der Waals surface area contributed by atoms with Gasteiger partial charge >= 0.3 is 6.03 Å². The topological polar surface area (TPSA) is 88.7 Å². The van der Waals surface area contributed by atoms with Gasteiger partial charge in [-0.05, 0) is 24.6 Å². The number of carbonyl (C=O) groups is 2. The van der Waals surface area contributed by atoms with Gasteiger partial charge in [-0.25, -0.2) is 4.79 Å². The third-order valence-corrected chi connectivity index (χ3v) is 3.47. The number of allylic oxidation sites excluding steroid dienone is 1. The fraction of sp³-hybridized carbons (Fsp3) is 0.286. The lowest BCUT2D eigenvalue weighted by Gasteiger charge is -2.28. The Labute approximate surface area is 121 Å². The highest BCUT2D eigenvalue weighted by atomic mass is 16.7. The molecule has 0 spiro atoms. The van der Waals surface area contributed by atoms with Crippen molar-refractivity contribution in [2.24, 2.45) is 0 Å². The van der Waals surface area contributed by atoms with Gasteiger partial charge in [-0.1, -0.05) is 6.07 Å². The lowest BCUT2D eigenvalue weighted by atomic mass is 9.94. The Kier molecular flexibility index (Phi) is 3.17. The molecule has 0 fully saturated rings. The van der Waals surface area contributed by atoms with Crippen LogP contribution in [-0.2, 0) is 4.79 Å².